The van der Waals surface area contributed by atoms with Crippen LogP contribution in [0.25, 0.3) is 0 Å². The molecule has 0 aliphatic rings. The van der Waals surface area contributed by atoms with Gasteiger partial charge >= 0.3 is 0 Å². The minimum absolute atomic E-state index is 0.205. The van der Waals surface area contributed by atoms with Crippen LogP contribution in [0, 0.1) is 13.8 Å². The van der Waals surface area contributed by atoms with Gasteiger partial charge in [0.15, 0.2) is 0 Å². The summed E-state index contributed by atoms with van der Waals surface area (Å²) < 4.78 is 26.3. The molecule has 1 rings (SSSR count). The summed E-state index contributed by atoms with van der Waals surface area (Å²) in [4.78, 5) is 0.205. The van der Waals surface area contributed by atoms with Crippen molar-refractivity contribution in [2.24, 2.45) is 0 Å². The van der Waals surface area contributed by atoms with Gasteiger partial charge in [0.05, 0.1) is 4.90 Å². The zero-order valence-electron chi connectivity index (χ0n) is 11.4. The Kier molecular flexibility index (Phi) is 4.91. The Labute approximate surface area is 115 Å². The highest BCUT2D eigenvalue weighted by atomic mass is 32.2. The van der Waals surface area contributed by atoms with Gasteiger partial charge in [0, 0.05) is 18.8 Å². The average Bonchev–Trinajstić information content (AvgIpc) is 2.35. The van der Waals surface area contributed by atoms with Crippen molar-refractivity contribution in [1.82, 2.24) is 4.31 Å². The summed E-state index contributed by atoms with van der Waals surface area (Å²) in [6.07, 6.45) is 3.09. The lowest BCUT2D eigenvalue weighted by atomic mass is 10.1. The summed E-state index contributed by atoms with van der Waals surface area (Å²) in [5.74, 6) is 0. The van der Waals surface area contributed by atoms with Crippen LogP contribution in [0.15, 0.2) is 42.3 Å². The summed E-state index contributed by atoms with van der Waals surface area (Å²) in [5.41, 5.74) is 8.08. The van der Waals surface area contributed by atoms with E-state index in [1.165, 1.54) is 10.4 Å². The third-order valence-corrected chi connectivity index (χ3v) is 4.79. The molecular formula is C14H20N2O2S. The third-order valence-electron chi connectivity index (χ3n) is 2.98. The summed E-state index contributed by atoms with van der Waals surface area (Å²) in [5, 5.41) is 0. The van der Waals surface area contributed by atoms with Gasteiger partial charge in [-0.15, -0.1) is 13.2 Å². The molecule has 0 fully saturated rings. The van der Waals surface area contributed by atoms with E-state index in [1.54, 1.807) is 18.2 Å². The third kappa shape index (κ3) is 3.24. The van der Waals surface area contributed by atoms with Crippen molar-refractivity contribution in [1.29, 1.82) is 0 Å². The van der Waals surface area contributed by atoms with E-state index < -0.39 is 10.0 Å². The molecule has 0 aliphatic carbocycles. The fourth-order valence-corrected chi connectivity index (χ4v) is 3.21. The lowest BCUT2D eigenvalue weighted by Crippen LogP contribution is -2.31. The molecule has 19 heavy (non-hydrogen) atoms. The van der Waals surface area contributed by atoms with Gasteiger partial charge in [0.25, 0.3) is 0 Å². The van der Waals surface area contributed by atoms with Crippen molar-refractivity contribution < 1.29 is 8.42 Å². The number of hydrogen-bond donors (Lipinski definition) is 1. The highest BCUT2D eigenvalue weighted by Crippen LogP contribution is 2.24. The van der Waals surface area contributed by atoms with E-state index in [4.69, 9.17) is 5.73 Å². The second-order valence-corrected chi connectivity index (χ2v) is 6.29. The Morgan fingerprint density at radius 2 is 1.74 bits per heavy atom. The van der Waals surface area contributed by atoms with Crippen LogP contribution >= 0.6 is 0 Å². The lowest BCUT2D eigenvalue weighted by Gasteiger charge is -2.20. The monoisotopic (exact) mass is 280 g/mol. The smallest absolute Gasteiger partial charge is 0.243 e. The Balaban J connectivity index is 3.32. The zero-order chi connectivity index (χ0) is 14.6. The Hall–Kier alpha value is -1.59. The Morgan fingerprint density at radius 1 is 1.21 bits per heavy atom. The minimum atomic E-state index is -3.58. The van der Waals surface area contributed by atoms with Gasteiger partial charge in [-0.1, -0.05) is 12.2 Å². The van der Waals surface area contributed by atoms with Crippen LogP contribution in [0.2, 0.25) is 0 Å². The molecule has 0 unspecified atom stereocenters. The fraction of sp³-hybridized carbons (Fsp3) is 0.286. The maximum absolute atomic E-state index is 12.5. The van der Waals surface area contributed by atoms with Gasteiger partial charge in [0.2, 0.25) is 10.0 Å². The SMILES string of the molecule is C=CCN(CC=C)S(=O)(=O)c1cc(C)c(C)c(N)c1. The molecule has 1 aromatic rings. The van der Waals surface area contributed by atoms with E-state index in [0.29, 0.717) is 5.69 Å². The molecule has 0 amide bonds. The molecule has 4 nitrogen and oxygen atoms in total. The molecule has 0 radical (unpaired) electrons. The maximum Gasteiger partial charge on any atom is 0.243 e. The first-order valence-corrected chi connectivity index (χ1v) is 7.37. The van der Waals surface area contributed by atoms with Gasteiger partial charge in [-0.2, -0.15) is 4.31 Å². The van der Waals surface area contributed by atoms with Crippen LogP contribution in [0.5, 0.6) is 0 Å². The lowest BCUT2D eigenvalue weighted by molar-refractivity contribution is 0.474. The van der Waals surface area contributed by atoms with Crippen molar-refractivity contribution >= 4 is 15.7 Å². The largest absolute Gasteiger partial charge is 0.398 e. The van der Waals surface area contributed by atoms with E-state index in [2.05, 4.69) is 13.2 Å². The van der Waals surface area contributed by atoms with Gasteiger partial charge in [-0.3, -0.25) is 0 Å². The topological polar surface area (TPSA) is 63.4 Å². The van der Waals surface area contributed by atoms with Crippen LogP contribution in [0.4, 0.5) is 5.69 Å². The second-order valence-electron chi connectivity index (χ2n) is 4.35. The number of benzene rings is 1. The first-order valence-electron chi connectivity index (χ1n) is 5.93. The molecule has 5 heteroatoms. The number of nitrogens with zero attached hydrogens (tertiary/aromatic N) is 1. The van der Waals surface area contributed by atoms with E-state index in [-0.39, 0.29) is 18.0 Å². The molecule has 0 aromatic heterocycles. The molecule has 0 saturated carbocycles. The number of rotatable bonds is 6. The molecule has 0 heterocycles. The maximum atomic E-state index is 12.5. The summed E-state index contributed by atoms with van der Waals surface area (Å²) in [6, 6.07) is 3.14. The van der Waals surface area contributed by atoms with E-state index in [1.807, 2.05) is 13.8 Å². The molecule has 0 bridgehead atoms. The van der Waals surface area contributed by atoms with Crippen LogP contribution in [0.3, 0.4) is 0 Å². The quantitative estimate of drug-likeness (QED) is 0.642. The predicted octanol–water partition coefficient (Wildman–Crippen LogP) is 2.25. The van der Waals surface area contributed by atoms with Crippen molar-refractivity contribution in [3.8, 4) is 0 Å². The normalized spacial score (nSPS) is 11.5. The molecule has 0 atom stereocenters. The molecular weight excluding hydrogens is 260 g/mol. The predicted molar refractivity (Wildman–Crippen MR) is 79.5 cm³/mol. The van der Waals surface area contributed by atoms with Gasteiger partial charge < -0.3 is 5.73 Å². The first kappa shape index (κ1) is 15.5. The zero-order valence-corrected chi connectivity index (χ0v) is 12.2. The minimum Gasteiger partial charge on any atom is -0.398 e. The summed E-state index contributed by atoms with van der Waals surface area (Å²) in [6.45, 7) is 11.3. The Bertz CT molecular complexity index is 558. The fourth-order valence-electron chi connectivity index (χ4n) is 1.71. The molecule has 104 valence electrons. The van der Waals surface area contributed by atoms with Crippen LogP contribution < -0.4 is 5.73 Å². The van der Waals surface area contributed by atoms with Crippen LogP contribution in [0.1, 0.15) is 11.1 Å². The van der Waals surface area contributed by atoms with Crippen molar-refractivity contribution in [2.45, 2.75) is 18.7 Å². The van der Waals surface area contributed by atoms with E-state index in [9.17, 15) is 8.42 Å². The van der Waals surface area contributed by atoms with E-state index >= 15 is 0 Å². The second kappa shape index (κ2) is 6.04. The van der Waals surface area contributed by atoms with Crippen LogP contribution in [-0.2, 0) is 10.0 Å². The number of sulfonamides is 1. The molecule has 0 spiro atoms. The van der Waals surface area contributed by atoms with Crippen molar-refractivity contribution in [2.75, 3.05) is 18.8 Å². The standard InChI is InChI=1S/C14H20N2O2S/c1-5-7-16(8-6-2)19(17,18)13-9-11(3)12(4)14(15)10-13/h5-6,9-10H,1-2,7-8,15H2,3-4H3. The van der Waals surface area contributed by atoms with E-state index in [0.717, 1.165) is 11.1 Å². The first-order chi connectivity index (χ1) is 8.84. The number of hydrogen-bond acceptors (Lipinski definition) is 3. The Morgan fingerprint density at radius 3 is 2.16 bits per heavy atom. The highest BCUT2D eigenvalue weighted by Gasteiger charge is 2.23. The summed E-state index contributed by atoms with van der Waals surface area (Å²) >= 11 is 0. The number of nitrogen functional groups attached to an aromatic ring is 1. The highest BCUT2D eigenvalue weighted by molar-refractivity contribution is 7.89. The number of anilines is 1. The van der Waals surface area contributed by atoms with Crippen molar-refractivity contribution in [3.63, 3.8) is 0 Å². The number of nitrogens with two attached hydrogens (primary N) is 1. The molecule has 2 N–H and O–H groups in total. The van der Waals surface area contributed by atoms with Gasteiger partial charge in [-0.05, 0) is 37.1 Å². The average molecular weight is 280 g/mol. The van der Waals surface area contributed by atoms with Crippen LogP contribution in [-0.4, -0.2) is 25.8 Å². The van der Waals surface area contributed by atoms with Gasteiger partial charge in [0.1, 0.15) is 0 Å². The van der Waals surface area contributed by atoms with Crippen molar-refractivity contribution in [3.05, 3.63) is 48.6 Å². The summed E-state index contributed by atoms with van der Waals surface area (Å²) in [7, 11) is -3.58. The molecule has 0 saturated heterocycles. The molecule has 1 aromatic carbocycles. The van der Waals surface area contributed by atoms with Gasteiger partial charge in [-0.25, -0.2) is 8.42 Å². The molecule has 0 aliphatic heterocycles. The number of aryl methyl sites for hydroxylation is 1.